The van der Waals surface area contributed by atoms with Crippen LogP contribution in [0.25, 0.3) is 0 Å². The fourth-order valence-electron chi connectivity index (χ4n) is 0.250. The molecule has 38 valence electrons. The SMILES string of the molecule is CC(C)=CCC#N. The second-order valence-electron chi connectivity index (χ2n) is 1.64. The summed E-state index contributed by atoms with van der Waals surface area (Å²) >= 11 is 0. The van der Waals surface area contributed by atoms with E-state index in [9.17, 15) is 0 Å². The first-order valence-electron chi connectivity index (χ1n) is 2.27. The van der Waals surface area contributed by atoms with Crippen LogP contribution < -0.4 is 0 Å². The Bertz CT molecular complexity index is 102. The summed E-state index contributed by atoms with van der Waals surface area (Å²) in [6, 6.07) is 2.02. The van der Waals surface area contributed by atoms with Gasteiger partial charge in [-0.3, -0.25) is 0 Å². The molecule has 0 aliphatic heterocycles. The summed E-state index contributed by atoms with van der Waals surface area (Å²) in [5, 5.41) is 8.02. The molecule has 0 rings (SSSR count). The molecule has 0 radical (unpaired) electrons. The average molecular weight is 95.1 g/mol. The fraction of sp³-hybridized carbons (Fsp3) is 0.500. The summed E-state index contributed by atoms with van der Waals surface area (Å²) in [6.07, 6.45) is 2.45. The van der Waals surface area contributed by atoms with E-state index in [0.717, 1.165) is 0 Å². The number of hydrogen-bond acceptors (Lipinski definition) is 1. The Hall–Kier alpha value is -0.770. The van der Waals surface area contributed by atoms with E-state index in [4.69, 9.17) is 5.26 Å². The molecule has 0 aliphatic rings. The third-order valence-corrected chi connectivity index (χ3v) is 0.602. The van der Waals surface area contributed by atoms with Crippen molar-refractivity contribution >= 4 is 0 Å². The summed E-state index contributed by atoms with van der Waals surface area (Å²) < 4.78 is 0. The molecule has 0 aromatic rings. The van der Waals surface area contributed by atoms with E-state index in [1.807, 2.05) is 26.0 Å². The maximum atomic E-state index is 8.02. The van der Waals surface area contributed by atoms with Crippen LogP contribution in [-0.2, 0) is 0 Å². The summed E-state index contributed by atoms with van der Waals surface area (Å²) in [5.41, 5.74) is 1.21. The van der Waals surface area contributed by atoms with Crippen molar-refractivity contribution in [3.05, 3.63) is 11.6 Å². The van der Waals surface area contributed by atoms with Gasteiger partial charge in [0, 0.05) is 0 Å². The summed E-state index contributed by atoms with van der Waals surface area (Å²) in [5.74, 6) is 0. The number of nitriles is 1. The van der Waals surface area contributed by atoms with Crippen LogP contribution in [0.15, 0.2) is 11.6 Å². The smallest absolute Gasteiger partial charge is 0.0663 e. The predicted octanol–water partition coefficient (Wildman–Crippen LogP) is 1.87. The molecular weight excluding hydrogens is 86.1 g/mol. The van der Waals surface area contributed by atoms with Crippen molar-refractivity contribution in [2.75, 3.05) is 0 Å². The zero-order valence-corrected chi connectivity index (χ0v) is 4.73. The molecule has 0 bridgehead atoms. The average Bonchev–Trinajstić information content (AvgIpc) is 1.61. The second kappa shape index (κ2) is 3.42. The van der Waals surface area contributed by atoms with Gasteiger partial charge >= 0.3 is 0 Å². The lowest BCUT2D eigenvalue weighted by atomic mass is 10.3. The largest absolute Gasteiger partial charge is 0.198 e. The van der Waals surface area contributed by atoms with E-state index in [1.165, 1.54) is 5.57 Å². The van der Waals surface area contributed by atoms with Crippen LogP contribution in [0.5, 0.6) is 0 Å². The van der Waals surface area contributed by atoms with Crippen molar-refractivity contribution in [2.24, 2.45) is 0 Å². The normalized spacial score (nSPS) is 7.00. The molecule has 0 aromatic heterocycles. The maximum absolute atomic E-state index is 8.02. The molecule has 0 N–H and O–H groups in total. The molecule has 0 aromatic carbocycles. The van der Waals surface area contributed by atoms with Crippen LogP contribution in [-0.4, -0.2) is 0 Å². The third-order valence-electron chi connectivity index (χ3n) is 0.602. The van der Waals surface area contributed by atoms with Crippen LogP contribution in [0.3, 0.4) is 0 Å². The zero-order valence-electron chi connectivity index (χ0n) is 4.73. The number of nitrogens with zero attached hydrogens (tertiary/aromatic N) is 1. The van der Waals surface area contributed by atoms with Gasteiger partial charge in [0.15, 0.2) is 0 Å². The van der Waals surface area contributed by atoms with Crippen molar-refractivity contribution in [1.29, 1.82) is 5.26 Å². The quantitative estimate of drug-likeness (QED) is 0.456. The zero-order chi connectivity index (χ0) is 5.70. The predicted molar refractivity (Wildman–Crippen MR) is 29.7 cm³/mol. The molecule has 0 aliphatic carbocycles. The Morgan fingerprint density at radius 1 is 1.71 bits per heavy atom. The van der Waals surface area contributed by atoms with Crippen molar-refractivity contribution in [3.8, 4) is 6.07 Å². The molecule has 0 heterocycles. The van der Waals surface area contributed by atoms with Crippen LogP contribution in [0, 0.1) is 11.3 Å². The minimum atomic E-state index is 0.544. The number of allylic oxidation sites excluding steroid dienone is 2. The van der Waals surface area contributed by atoms with Gasteiger partial charge in [-0.25, -0.2) is 0 Å². The van der Waals surface area contributed by atoms with Crippen LogP contribution in [0.2, 0.25) is 0 Å². The van der Waals surface area contributed by atoms with Crippen LogP contribution in [0.1, 0.15) is 20.3 Å². The maximum Gasteiger partial charge on any atom is 0.0663 e. The lowest BCUT2D eigenvalue weighted by molar-refractivity contribution is 1.27. The minimum absolute atomic E-state index is 0.544. The highest BCUT2D eigenvalue weighted by Gasteiger charge is 1.72. The van der Waals surface area contributed by atoms with Gasteiger partial charge in [-0.15, -0.1) is 0 Å². The van der Waals surface area contributed by atoms with E-state index < -0.39 is 0 Å². The molecule has 1 nitrogen and oxygen atoms in total. The van der Waals surface area contributed by atoms with E-state index in [-0.39, 0.29) is 0 Å². The van der Waals surface area contributed by atoms with Crippen molar-refractivity contribution < 1.29 is 0 Å². The highest BCUT2D eigenvalue weighted by molar-refractivity contribution is 4.98. The van der Waals surface area contributed by atoms with Gasteiger partial charge in [0.05, 0.1) is 12.5 Å². The fourth-order valence-corrected chi connectivity index (χ4v) is 0.250. The highest BCUT2D eigenvalue weighted by Crippen LogP contribution is 1.89. The molecule has 0 spiro atoms. The topological polar surface area (TPSA) is 23.8 Å². The van der Waals surface area contributed by atoms with Crippen LogP contribution >= 0.6 is 0 Å². The molecule has 0 unspecified atom stereocenters. The van der Waals surface area contributed by atoms with Gasteiger partial charge in [-0.2, -0.15) is 5.26 Å². The molecule has 0 saturated carbocycles. The third kappa shape index (κ3) is 5.23. The number of rotatable bonds is 1. The van der Waals surface area contributed by atoms with Crippen molar-refractivity contribution in [2.45, 2.75) is 20.3 Å². The molecule has 0 saturated heterocycles. The first-order valence-corrected chi connectivity index (χ1v) is 2.27. The summed E-state index contributed by atoms with van der Waals surface area (Å²) in [4.78, 5) is 0. The molecule has 1 heteroatoms. The molecule has 7 heavy (non-hydrogen) atoms. The Kier molecular flexibility index (Phi) is 3.04. The first kappa shape index (κ1) is 6.23. The summed E-state index contributed by atoms with van der Waals surface area (Å²) in [6.45, 7) is 3.97. The second-order valence-corrected chi connectivity index (χ2v) is 1.64. The van der Waals surface area contributed by atoms with Crippen molar-refractivity contribution in [3.63, 3.8) is 0 Å². The monoisotopic (exact) mass is 95.1 g/mol. The first-order chi connectivity index (χ1) is 3.27. The highest BCUT2D eigenvalue weighted by atomic mass is 14.2. The lowest BCUT2D eigenvalue weighted by Crippen LogP contribution is -1.61. The number of hydrogen-bond donors (Lipinski definition) is 0. The van der Waals surface area contributed by atoms with E-state index >= 15 is 0 Å². The van der Waals surface area contributed by atoms with Gasteiger partial charge in [0.1, 0.15) is 0 Å². The van der Waals surface area contributed by atoms with E-state index in [0.29, 0.717) is 6.42 Å². The lowest BCUT2D eigenvalue weighted by Gasteiger charge is -1.78. The van der Waals surface area contributed by atoms with Crippen molar-refractivity contribution in [1.82, 2.24) is 0 Å². The summed E-state index contributed by atoms with van der Waals surface area (Å²) in [7, 11) is 0. The molecule has 0 atom stereocenters. The standard InChI is InChI=1S/C6H9N/c1-6(2)4-3-5-7/h4H,3H2,1-2H3. The van der Waals surface area contributed by atoms with E-state index in [2.05, 4.69) is 0 Å². The van der Waals surface area contributed by atoms with Crippen LogP contribution in [0.4, 0.5) is 0 Å². The van der Waals surface area contributed by atoms with Gasteiger partial charge < -0.3 is 0 Å². The van der Waals surface area contributed by atoms with E-state index in [1.54, 1.807) is 0 Å². The Morgan fingerprint density at radius 3 is 2.43 bits per heavy atom. The van der Waals surface area contributed by atoms with Gasteiger partial charge in [0.2, 0.25) is 0 Å². The Balaban J connectivity index is 3.32. The van der Waals surface area contributed by atoms with Gasteiger partial charge in [-0.05, 0) is 13.8 Å². The minimum Gasteiger partial charge on any atom is -0.198 e. The van der Waals surface area contributed by atoms with Gasteiger partial charge in [0.25, 0.3) is 0 Å². The molecule has 0 amide bonds. The molecule has 0 fully saturated rings. The Morgan fingerprint density at radius 2 is 2.29 bits per heavy atom. The molecular formula is C6H9N. The Labute approximate surface area is 44.3 Å². The van der Waals surface area contributed by atoms with Gasteiger partial charge in [-0.1, -0.05) is 11.6 Å².